The summed E-state index contributed by atoms with van der Waals surface area (Å²) in [6.07, 6.45) is 2.38. The van der Waals surface area contributed by atoms with Crippen LogP contribution in [0.5, 0.6) is 0 Å². The van der Waals surface area contributed by atoms with Crippen molar-refractivity contribution < 1.29 is 0 Å². The summed E-state index contributed by atoms with van der Waals surface area (Å²) in [5.41, 5.74) is 2.07. The lowest BCUT2D eigenvalue weighted by atomic mass is 10.1. The molecule has 94 valence electrons. The largest absolute Gasteiger partial charge is 0.293 e. The molecule has 0 aliphatic carbocycles. The standard InChI is InChI=1S/C13H22N4/c1-10(2)17(11(3)4)9-13-12(6-7-14)8-16(5)15-13/h8,10-11H,6,9H2,1-5H3. The van der Waals surface area contributed by atoms with Gasteiger partial charge in [0.05, 0.1) is 18.2 Å². The van der Waals surface area contributed by atoms with Crippen LogP contribution in [0, 0.1) is 11.3 Å². The number of nitriles is 1. The van der Waals surface area contributed by atoms with Crippen molar-refractivity contribution in [2.45, 2.75) is 52.7 Å². The molecule has 1 rings (SSSR count). The average molecular weight is 234 g/mol. The predicted octanol–water partition coefficient (Wildman–Crippen LogP) is 2.10. The van der Waals surface area contributed by atoms with Gasteiger partial charge in [-0.3, -0.25) is 9.58 Å². The fourth-order valence-corrected chi connectivity index (χ4v) is 2.08. The number of aromatic nitrogens is 2. The van der Waals surface area contributed by atoms with Crippen LogP contribution in [0.4, 0.5) is 0 Å². The number of hydrogen-bond acceptors (Lipinski definition) is 3. The molecule has 0 spiro atoms. The topological polar surface area (TPSA) is 44.9 Å². The number of rotatable bonds is 5. The third kappa shape index (κ3) is 3.57. The van der Waals surface area contributed by atoms with Crippen molar-refractivity contribution in [3.8, 4) is 6.07 Å². The van der Waals surface area contributed by atoms with Crippen molar-refractivity contribution in [1.82, 2.24) is 14.7 Å². The Morgan fingerprint density at radius 2 is 1.94 bits per heavy atom. The molecule has 17 heavy (non-hydrogen) atoms. The van der Waals surface area contributed by atoms with Gasteiger partial charge in [0.25, 0.3) is 0 Å². The van der Waals surface area contributed by atoms with Gasteiger partial charge in [0, 0.05) is 37.4 Å². The molecule has 1 heterocycles. The van der Waals surface area contributed by atoms with E-state index in [-0.39, 0.29) is 0 Å². The highest BCUT2D eigenvalue weighted by Crippen LogP contribution is 2.14. The van der Waals surface area contributed by atoms with Crippen LogP contribution in [0.25, 0.3) is 0 Å². The monoisotopic (exact) mass is 234 g/mol. The summed E-state index contributed by atoms with van der Waals surface area (Å²) in [7, 11) is 1.90. The molecule has 0 saturated heterocycles. The number of aryl methyl sites for hydroxylation is 1. The molecular weight excluding hydrogens is 212 g/mol. The van der Waals surface area contributed by atoms with E-state index >= 15 is 0 Å². The zero-order chi connectivity index (χ0) is 13.0. The lowest BCUT2D eigenvalue weighted by molar-refractivity contribution is 0.163. The first kappa shape index (κ1) is 13.7. The second kappa shape index (κ2) is 5.83. The van der Waals surface area contributed by atoms with E-state index in [4.69, 9.17) is 5.26 Å². The van der Waals surface area contributed by atoms with E-state index in [1.807, 2.05) is 13.2 Å². The van der Waals surface area contributed by atoms with Crippen LogP contribution < -0.4 is 0 Å². The average Bonchev–Trinajstić information content (AvgIpc) is 2.55. The predicted molar refractivity (Wildman–Crippen MR) is 68.3 cm³/mol. The molecule has 0 aliphatic heterocycles. The van der Waals surface area contributed by atoms with Gasteiger partial charge in [-0.2, -0.15) is 10.4 Å². The van der Waals surface area contributed by atoms with Crippen LogP contribution in [-0.4, -0.2) is 26.8 Å². The molecule has 0 fully saturated rings. The van der Waals surface area contributed by atoms with E-state index in [9.17, 15) is 0 Å². The molecule has 0 aromatic carbocycles. The van der Waals surface area contributed by atoms with Gasteiger partial charge in [-0.1, -0.05) is 0 Å². The lowest BCUT2D eigenvalue weighted by Gasteiger charge is -2.29. The van der Waals surface area contributed by atoms with E-state index < -0.39 is 0 Å². The zero-order valence-corrected chi connectivity index (χ0v) is 11.4. The Labute approximate surface area is 104 Å². The SMILES string of the molecule is CC(C)N(Cc1nn(C)cc1CC#N)C(C)C. The highest BCUT2D eigenvalue weighted by atomic mass is 15.3. The molecular formula is C13H22N4. The summed E-state index contributed by atoms with van der Waals surface area (Å²) < 4.78 is 1.79. The summed E-state index contributed by atoms with van der Waals surface area (Å²) in [6.45, 7) is 9.56. The van der Waals surface area contributed by atoms with Crippen LogP contribution in [0.1, 0.15) is 39.0 Å². The van der Waals surface area contributed by atoms with Gasteiger partial charge in [-0.15, -0.1) is 0 Å². The van der Waals surface area contributed by atoms with Crippen LogP contribution in [0.15, 0.2) is 6.20 Å². The van der Waals surface area contributed by atoms with Gasteiger partial charge < -0.3 is 0 Å². The van der Waals surface area contributed by atoms with Gasteiger partial charge in [0.15, 0.2) is 0 Å². The summed E-state index contributed by atoms with van der Waals surface area (Å²) in [5, 5.41) is 13.3. The van der Waals surface area contributed by atoms with Crippen molar-refractivity contribution in [2.24, 2.45) is 7.05 Å². The van der Waals surface area contributed by atoms with Crippen LogP contribution in [0.2, 0.25) is 0 Å². The van der Waals surface area contributed by atoms with E-state index in [2.05, 4.69) is 43.8 Å². The molecule has 0 atom stereocenters. The molecule has 1 aromatic rings. The Hall–Kier alpha value is -1.34. The molecule has 0 radical (unpaired) electrons. The third-order valence-electron chi connectivity index (χ3n) is 2.92. The Morgan fingerprint density at radius 3 is 2.41 bits per heavy atom. The summed E-state index contributed by atoms with van der Waals surface area (Å²) in [4.78, 5) is 2.38. The van der Waals surface area contributed by atoms with Crippen molar-refractivity contribution in [3.05, 3.63) is 17.5 Å². The summed E-state index contributed by atoms with van der Waals surface area (Å²) >= 11 is 0. The minimum Gasteiger partial charge on any atom is -0.293 e. The maximum absolute atomic E-state index is 8.81. The normalized spacial score (nSPS) is 11.5. The maximum Gasteiger partial charge on any atom is 0.0807 e. The molecule has 4 nitrogen and oxygen atoms in total. The van der Waals surface area contributed by atoms with Crippen molar-refractivity contribution in [1.29, 1.82) is 5.26 Å². The van der Waals surface area contributed by atoms with Gasteiger partial charge in [-0.05, 0) is 27.7 Å². The quantitative estimate of drug-likeness (QED) is 0.783. The molecule has 0 saturated carbocycles. The Balaban J connectivity index is 2.89. The van der Waals surface area contributed by atoms with E-state index in [0.29, 0.717) is 18.5 Å². The van der Waals surface area contributed by atoms with Crippen LogP contribution >= 0.6 is 0 Å². The second-order valence-electron chi connectivity index (χ2n) is 4.97. The third-order valence-corrected chi connectivity index (χ3v) is 2.92. The Kier molecular flexibility index (Phi) is 4.71. The van der Waals surface area contributed by atoms with Gasteiger partial charge >= 0.3 is 0 Å². The fourth-order valence-electron chi connectivity index (χ4n) is 2.08. The highest BCUT2D eigenvalue weighted by Gasteiger charge is 2.17. The maximum atomic E-state index is 8.81. The van der Waals surface area contributed by atoms with E-state index in [0.717, 1.165) is 17.8 Å². The van der Waals surface area contributed by atoms with Crippen molar-refractivity contribution >= 4 is 0 Å². The van der Waals surface area contributed by atoms with Crippen LogP contribution in [-0.2, 0) is 20.0 Å². The first-order valence-corrected chi connectivity index (χ1v) is 6.09. The summed E-state index contributed by atoms with van der Waals surface area (Å²) in [5.74, 6) is 0. The number of nitrogens with zero attached hydrogens (tertiary/aromatic N) is 4. The molecule has 0 unspecified atom stereocenters. The van der Waals surface area contributed by atoms with Crippen molar-refractivity contribution in [3.63, 3.8) is 0 Å². The molecule has 0 N–H and O–H groups in total. The van der Waals surface area contributed by atoms with Gasteiger partial charge in [0.1, 0.15) is 0 Å². The minimum absolute atomic E-state index is 0.438. The Bertz CT molecular complexity index is 390. The van der Waals surface area contributed by atoms with Gasteiger partial charge in [0.2, 0.25) is 0 Å². The van der Waals surface area contributed by atoms with Gasteiger partial charge in [-0.25, -0.2) is 0 Å². The first-order valence-electron chi connectivity index (χ1n) is 6.09. The fraction of sp³-hybridized carbons (Fsp3) is 0.692. The molecule has 1 aromatic heterocycles. The Morgan fingerprint density at radius 1 is 1.35 bits per heavy atom. The highest BCUT2D eigenvalue weighted by molar-refractivity contribution is 5.20. The first-order chi connectivity index (χ1) is 7.95. The van der Waals surface area contributed by atoms with E-state index in [1.54, 1.807) is 4.68 Å². The lowest BCUT2D eigenvalue weighted by Crippen LogP contribution is -2.36. The molecule has 0 bridgehead atoms. The summed E-state index contributed by atoms with van der Waals surface area (Å²) in [6, 6.07) is 3.15. The van der Waals surface area contributed by atoms with E-state index in [1.165, 1.54) is 0 Å². The minimum atomic E-state index is 0.438. The smallest absolute Gasteiger partial charge is 0.0807 e. The molecule has 0 aliphatic rings. The number of hydrogen-bond donors (Lipinski definition) is 0. The molecule has 4 heteroatoms. The molecule has 0 amide bonds. The zero-order valence-electron chi connectivity index (χ0n) is 11.4. The van der Waals surface area contributed by atoms with Crippen LogP contribution in [0.3, 0.4) is 0 Å². The second-order valence-corrected chi connectivity index (χ2v) is 4.97. The van der Waals surface area contributed by atoms with Crippen molar-refractivity contribution in [2.75, 3.05) is 0 Å².